The first kappa shape index (κ1) is 17.8. The van der Waals surface area contributed by atoms with Gasteiger partial charge in [-0.1, -0.05) is 19.0 Å². The summed E-state index contributed by atoms with van der Waals surface area (Å²) in [6.07, 6.45) is 1.69. The van der Waals surface area contributed by atoms with Crippen LogP contribution < -0.4 is 5.32 Å². The van der Waals surface area contributed by atoms with Crippen molar-refractivity contribution in [2.75, 3.05) is 30.7 Å². The van der Waals surface area contributed by atoms with Gasteiger partial charge in [-0.25, -0.2) is 17.7 Å². The van der Waals surface area contributed by atoms with Crippen LogP contribution in [0.3, 0.4) is 0 Å². The van der Waals surface area contributed by atoms with Crippen LogP contribution in [0.2, 0.25) is 0 Å². The first-order chi connectivity index (χ1) is 11.9. The summed E-state index contributed by atoms with van der Waals surface area (Å²) in [7, 11) is -3.06. The minimum Gasteiger partial charge on any atom is -0.370 e. The third-order valence-electron chi connectivity index (χ3n) is 4.22. The highest BCUT2D eigenvalue weighted by Gasteiger charge is 2.34. The zero-order valence-corrected chi connectivity index (χ0v) is 15.5. The molecule has 1 aliphatic rings. The fourth-order valence-electron chi connectivity index (χ4n) is 2.56. The topological polar surface area (TPSA) is 101 Å². The molecule has 1 fully saturated rings. The van der Waals surface area contributed by atoms with Gasteiger partial charge < -0.3 is 9.84 Å². The first-order valence-electron chi connectivity index (χ1n) is 8.40. The second-order valence-electron chi connectivity index (χ2n) is 6.51. The zero-order chi connectivity index (χ0) is 18.0. The number of rotatable bonds is 7. The maximum absolute atomic E-state index is 11.7. The number of nitrogens with zero attached hydrogens (tertiary/aromatic N) is 4. The highest BCUT2D eigenvalue weighted by Crippen LogP contribution is 2.23. The van der Waals surface area contributed by atoms with E-state index in [2.05, 4.69) is 20.4 Å². The minimum absolute atomic E-state index is 0.152. The van der Waals surface area contributed by atoms with E-state index in [4.69, 9.17) is 4.52 Å². The molecule has 1 aliphatic heterocycles. The molecule has 3 heterocycles. The van der Waals surface area contributed by atoms with Gasteiger partial charge >= 0.3 is 0 Å². The van der Waals surface area contributed by atoms with Crippen molar-refractivity contribution in [3.8, 4) is 11.5 Å². The van der Waals surface area contributed by atoms with Crippen LogP contribution in [-0.2, 0) is 10.0 Å². The van der Waals surface area contributed by atoms with Crippen LogP contribution in [0.4, 0.5) is 5.82 Å². The van der Waals surface area contributed by atoms with E-state index in [1.54, 1.807) is 13.1 Å². The number of pyridine rings is 1. The van der Waals surface area contributed by atoms with Gasteiger partial charge in [0.15, 0.2) is 5.82 Å². The van der Waals surface area contributed by atoms with Crippen molar-refractivity contribution in [1.82, 2.24) is 19.4 Å². The van der Waals surface area contributed by atoms with E-state index in [9.17, 15) is 8.42 Å². The summed E-state index contributed by atoms with van der Waals surface area (Å²) in [5.41, 5.74) is 0.806. The van der Waals surface area contributed by atoms with E-state index in [0.717, 1.165) is 5.56 Å². The Morgan fingerprint density at radius 1 is 1.40 bits per heavy atom. The van der Waals surface area contributed by atoms with E-state index in [1.807, 2.05) is 26.0 Å². The van der Waals surface area contributed by atoms with Gasteiger partial charge in [-0.2, -0.15) is 4.98 Å². The molecule has 0 radical (unpaired) electrons. The Bertz CT molecular complexity index is 828. The maximum Gasteiger partial charge on any atom is 0.258 e. The van der Waals surface area contributed by atoms with Gasteiger partial charge in [0.05, 0.1) is 5.75 Å². The SMILES string of the molecule is CCS(=O)(=O)N1CC(CNc2cc(-c3nc(C(C)C)no3)ccn2)C1. The molecule has 0 aromatic carbocycles. The van der Waals surface area contributed by atoms with Gasteiger partial charge in [-0.05, 0) is 19.1 Å². The van der Waals surface area contributed by atoms with Crippen molar-refractivity contribution < 1.29 is 12.9 Å². The molecular formula is C16H23N5O3S. The molecule has 0 unspecified atom stereocenters. The first-order valence-corrected chi connectivity index (χ1v) is 10.0. The Morgan fingerprint density at radius 2 is 2.16 bits per heavy atom. The summed E-state index contributed by atoms with van der Waals surface area (Å²) in [6, 6.07) is 3.68. The van der Waals surface area contributed by atoms with Crippen LogP contribution in [0.1, 0.15) is 32.5 Å². The lowest BCUT2D eigenvalue weighted by Crippen LogP contribution is -2.52. The van der Waals surface area contributed by atoms with Crippen molar-refractivity contribution in [2.45, 2.75) is 26.7 Å². The van der Waals surface area contributed by atoms with E-state index in [-0.39, 0.29) is 11.7 Å². The predicted octanol–water partition coefficient (Wildman–Crippen LogP) is 1.95. The Labute approximate surface area is 147 Å². The lowest BCUT2D eigenvalue weighted by molar-refractivity contribution is 0.212. The van der Waals surface area contributed by atoms with E-state index >= 15 is 0 Å². The van der Waals surface area contributed by atoms with Crippen LogP contribution >= 0.6 is 0 Å². The molecule has 0 aliphatic carbocycles. The van der Waals surface area contributed by atoms with Gasteiger partial charge in [-0.15, -0.1) is 0 Å². The summed E-state index contributed by atoms with van der Waals surface area (Å²) < 4.78 is 30.3. The lowest BCUT2D eigenvalue weighted by Gasteiger charge is -2.38. The molecule has 3 rings (SSSR count). The molecule has 25 heavy (non-hydrogen) atoms. The molecule has 9 heteroatoms. The monoisotopic (exact) mass is 365 g/mol. The average molecular weight is 365 g/mol. The molecule has 0 saturated carbocycles. The molecular weight excluding hydrogens is 342 g/mol. The number of sulfonamides is 1. The largest absolute Gasteiger partial charge is 0.370 e. The summed E-state index contributed by atoms with van der Waals surface area (Å²) in [5.74, 6) is 2.50. The van der Waals surface area contributed by atoms with E-state index in [1.165, 1.54) is 4.31 Å². The van der Waals surface area contributed by atoms with E-state index < -0.39 is 10.0 Å². The van der Waals surface area contributed by atoms with Gasteiger partial charge in [0.2, 0.25) is 10.0 Å². The fraction of sp³-hybridized carbons (Fsp3) is 0.562. The van der Waals surface area contributed by atoms with Gasteiger partial charge in [0.1, 0.15) is 5.82 Å². The van der Waals surface area contributed by atoms with E-state index in [0.29, 0.717) is 43.1 Å². The molecule has 8 nitrogen and oxygen atoms in total. The molecule has 2 aromatic heterocycles. The molecule has 0 spiro atoms. The third-order valence-corrected chi connectivity index (χ3v) is 6.03. The van der Waals surface area contributed by atoms with Crippen molar-refractivity contribution in [3.05, 3.63) is 24.2 Å². The van der Waals surface area contributed by atoms with Crippen LogP contribution in [0.15, 0.2) is 22.9 Å². The van der Waals surface area contributed by atoms with Crippen LogP contribution in [0.25, 0.3) is 11.5 Å². The Hall–Kier alpha value is -2.00. The normalized spacial score (nSPS) is 16.2. The summed E-state index contributed by atoms with van der Waals surface area (Å²) >= 11 is 0. The molecule has 0 bridgehead atoms. The summed E-state index contributed by atoms with van der Waals surface area (Å²) in [5, 5.41) is 7.22. The average Bonchev–Trinajstić information content (AvgIpc) is 3.04. The minimum atomic E-state index is -3.06. The highest BCUT2D eigenvalue weighted by molar-refractivity contribution is 7.89. The number of hydrogen-bond acceptors (Lipinski definition) is 7. The quantitative estimate of drug-likeness (QED) is 0.800. The second kappa shape index (κ2) is 7.09. The predicted molar refractivity (Wildman–Crippen MR) is 94.6 cm³/mol. The number of anilines is 1. The van der Waals surface area contributed by atoms with Crippen LogP contribution in [0, 0.1) is 5.92 Å². The van der Waals surface area contributed by atoms with Gasteiger partial charge in [0, 0.05) is 43.2 Å². The second-order valence-corrected chi connectivity index (χ2v) is 8.76. The number of hydrogen-bond donors (Lipinski definition) is 1. The number of nitrogens with one attached hydrogen (secondary N) is 1. The Morgan fingerprint density at radius 3 is 2.80 bits per heavy atom. The van der Waals surface area contributed by atoms with Crippen molar-refractivity contribution >= 4 is 15.8 Å². The fourth-order valence-corrected chi connectivity index (χ4v) is 3.80. The smallest absolute Gasteiger partial charge is 0.258 e. The molecule has 136 valence electrons. The van der Waals surface area contributed by atoms with Crippen molar-refractivity contribution in [2.24, 2.45) is 5.92 Å². The standard InChI is InChI=1S/C16H23N5O3S/c1-4-25(22,23)21-9-12(10-21)8-18-14-7-13(5-6-17-14)16-19-15(11(2)3)20-24-16/h5-7,11-12H,4,8-10H2,1-3H3,(H,17,18). The molecule has 2 aromatic rings. The lowest BCUT2D eigenvalue weighted by atomic mass is 10.0. The molecule has 1 N–H and O–H groups in total. The Kier molecular flexibility index (Phi) is 5.05. The van der Waals surface area contributed by atoms with Gasteiger partial charge in [0.25, 0.3) is 5.89 Å². The van der Waals surface area contributed by atoms with Crippen LogP contribution in [0.5, 0.6) is 0 Å². The Balaban J connectivity index is 1.58. The molecule has 0 amide bonds. The summed E-state index contributed by atoms with van der Waals surface area (Å²) in [6.45, 7) is 7.48. The van der Waals surface area contributed by atoms with Crippen molar-refractivity contribution in [1.29, 1.82) is 0 Å². The molecule has 0 atom stereocenters. The maximum atomic E-state index is 11.7. The summed E-state index contributed by atoms with van der Waals surface area (Å²) in [4.78, 5) is 8.67. The van der Waals surface area contributed by atoms with Crippen LogP contribution in [-0.4, -0.2) is 53.2 Å². The third kappa shape index (κ3) is 3.98. The van der Waals surface area contributed by atoms with Crippen molar-refractivity contribution in [3.63, 3.8) is 0 Å². The molecule has 1 saturated heterocycles. The zero-order valence-electron chi connectivity index (χ0n) is 14.6. The van der Waals surface area contributed by atoms with Gasteiger partial charge in [-0.3, -0.25) is 0 Å². The number of aromatic nitrogens is 3. The highest BCUT2D eigenvalue weighted by atomic mass is 32.2.